The number of hydrogen-bond acceptors (Lipinski definition) is 7. The number of nitrogens with one attached hydrogen (secondary N) is 3. The van der Waals surface area contributed by atoms with E-state index >= 15 is 0 Å². The van der Waals surface area contributed by atoms with Gasteiger partial charge in [-0.25, -0.2) is 0 Å². The van der Waals surface area contributed by atoms with Crippen molar-refractivity contribution in [1.29, 1.82) is 0 Å². The third-order valence-corrected chi connectivity index (χ3v) is 6.54. The molecule has 0 fully saturated rings. The molecule has 1 aliphatic rings. The van der Waals surface area contributed by atoms with Gasteiger partial charge in [0.1, 0.15) is 0 Å². The van der Waals surface area contributed by atoms with Gasteiger partial charge in [0.05, 0.1) is 24.1 Å². The molecule has 0 radical (unpaired) electrons. The van der Waals surface area contributed by atoms with Crippen molar-refractivity contribution in [3.63, 3.8) is 0 Å². The Labute approximate surface area is 232 Å². The molecule has 0 aliphatic carbocycles. The van der Waals surface area contributed by atoms with Crippen molar-refractivity contribution < 1.29 is 34.1 Å². The highest BCUT2D eigenvalue weighted by Crippen LogP contribution is 2.33. The number of H-pyrrole nitrogens is 1. The fourth-order valence-corrected chi connectivity index (χ4v) is 4.53. The highest BCUT2D eigenvalue weighted by molar-refractivity contribution is 6.05. The number of carbonyl (C=O) groups is 3. The first-order chi connectivity index (χ1) is 19.1. The van der Waals surface area contributed by atoms with E-state index in [0.29, 0.717) is 17.9 Å². The molecule has 4 rings (SSSR count). The van der Waals surface area contributed by atoms with E-state index in [4.69, 9.17) is 9.47 Å². The Morgan fingerprint density at radius 1 is 1.00 bits per heavy atom. The number of aromatic amines is 1. The highest BCUT2D eigenvalue weighted by Gasteiger charge is 2.30. The van der Waals surface area contributed by atoms with Crippen molar-refractivity contribution >= 4 is 23.7 Å². The van der Waals surface area contributed by atoms with Crippen molar-refractivity contribution in [1.82, 2.24) is 15.6 Å². The van der Waals surface area contributed by atoms with E-state index in [1.54, 1.807) is 36.4 Å². The first-order valence-electron chi connectivity index (χ1n) is 13.0. The van der Waals surface area contributed by atoms with Gasteiger partial charge in [0.15, 0.2) is 23.2 Å². The average Bonchev–Trinajstić information content (AvgIpc) is 3.49. The summed E-state index contributed by atoms with van der Waals surface area (Å²) < 4.78 is 10.7. The number of aromatic hydroxyl groups is 2. The molecule has 5 N–H and O–H groups in total. The maximum absolute atomic E-state index is 13.3. The molecule has 10 heteroatoms. The van der Waals surface area contributed by atoms with Gasteiger partial charge in [0, 0.05) is 11.6 Å². The zero-order valence-electron chi connectivity index (χ0n) is 22.6. The number of Topliss-reactive ketones (excluding diaryl/α,β-unsaturated/α-hetero) is 1. The van der Waals surface area contributed by atoms with Gasteiger partial charge in [0.2, 0.25) is 24.5 Å². The molecule has 0 saturated carbocycles. The molecule has 10 nitrogen and oxygen atoms in total. The number of hydrogen-bond donors (Lipinski definition) is 5. The summed E-state index contributed by atoms with van der Waals surface area (Å²) in [5.41, 5.74) is 1.61. The van der Waals surface area contributed by atoms with E-state index in [9.17, 15) is 24.6 Å². The number of fused-ring (bicyclic) bond motifs is 1. The van der Waals surface area contributed by atoms with Crippen LogP contribution in [0.1, 0.15) is 59.8 Å². The van der Waals surface area contributed by atoms with Gasteiger partial charge < -0.3 is 30.3 Å². The van der Waals surface area contributed by atoms with Gasteiger partial charge in [-0.1, -0.05) is 50.2 Å². The number of carbonyl (C=O) groups excluding carboxylic acids is 3. The number of ether oxygens (including phenoxy) is 2. The third-order valence-electron chi connectivity index (χ3n) is 6.54. The standard InChI is InChI=1S/C30H33N3O7/c1-17(2)13-22(28(36)27-18(3)29(37)33-30(27)38)32-26(35)15-21(20-7-5-4-6-8-20)31-25(34)12-10-19-9-11-23-24(14-19)40-16-39-23/h4-12,14,17,21-22,33,37-38H,13,15-16H2,1-3H3,(H,31,34)(H,32,35)/t21-,22-/m0/s1. The van der Waals surface area contributed by atoms with Crippen molar-refractivity contribution in [2.24, 2.45) is 5.92 Å². The normalized spacial score (nSPS) is 13.8. The maximum atomic E-state index is 13.3. The summed E-state index contributed by atoms with van der Waals surface area (Å²) in [5.74, 6) is -0.837. The van der Waals surface area contributed by atoms with Crippen LogP contribution in [0.15, 0.2) is 54.6 Å². The molecule has 1 aliphatic heterocycles. The third kappa shape index (κ3) is 6.82. The molecule has 0 saturated heterocycles. The Kier molecular flexibility index (Phi) is 8.78. The van der Waals surface area contributed by atoms with Gasteiger partial charge >= 0.3 is 0 Å². The molecule has 0 spiro atoms. The van der Waals surface area contributed by atoms with E-state index in [2.05, 4.69) is 15.6 Å². The smallest absolute Gasteiger partial charge is 0.244 e. The number of aromatic nitrogens is 1. The van der Waals surface area contributed by atoms with Gasteiger partial charge in [-0.3, -0.25) is 19.4 Å². The van der Waals surface area contributed by atoms with Crippen LogP contribution in [-0.4, -0.2) is 45.6 Å². The fraction of sp³-hybridized carbons (Fsp3) is 0.300. The van der Waals surface area contributed by atoms with Crippen LogP contribution >= 0.6 is 0 Å². The lowest BCUT2D eigenvalue weighted by Crippen LogP contribution is -2.43. The molecule has 1 aromatic heterocycles. The quantitative estimate of drug-likeness (QED) is 0.179. The van der Waals surface area contributed by atoms with E-state index in [-0.39, 0.29) is 36.1 Å². The molecule has 3 aromatic rings. The Balaban J connectivity index is 1.47. The molecular formula is C30H33N3O7. The summed E-state index contributed by atoms with van der Waals surface area (Å²) in [4.78, 5) is 41.7. The number of amides is 2. The fourth-order valence-electron chi connectivity index (χ4n) is 4.53. The Bertz CT molecular complexity index is 1410. The lowest BCUT2D eigenvalue weighted by Gasteiger charge is -2.22. The first-order valence-corrected chi connectivity index (χ1v) is 13.0. The van der Waals surface area contributed by atoms with Crippen LogP contribution in [-0.2, 0) is 9.59 Å². The minimum atomic E-state index is -0.940. The maximum Gasteiger partial charge on any atom is 0.244 e. The van der Waals surface area contributed by atoms with Crippen LogP contribution in [0.3, 0.4) is 0 Å². The predicted octanol–water partition coefficient (Wildman–Crippen LogP) is 4.14. The minimum Gasteiger partial charge on any atom is -0.494 e. The van der Waals surface area contributed by atoms with Crippen LogP contribution in [0.25, 0.3) is 6.08 Å². The van der Waals surface area contributed by atoms with Crippen LogP contribution in [0.4, 0.5) is 0 Å². The zero-order valence-corrected chi connectivity index (χ0v) is 22.6. The summed E-state index contributed by atoms with van der Waals surface area (Å²) in [7, 11) is 0. The van der Waals surface area contributed by atoms with Crippen molar-refractivity contribution in [2.75, 3.05) is 6.79 Å². The SMILES string of the molecule is Cc1c(O)[nH]c(O)c1C(=O)[C@H](CC(C)C)NC(=O)C[C@H](NC(=O)C=Cc1ccc2c(c1)OCO2)c1ccccc1. The van der Waals surface area contributed by atoms with E-state index < -0.39 is 35.6 Å². The second kappa shape index (κ2) is 12.4. The number of ketones is 1. The minimum absolute atomic E-state index is 0.0511. The largest absolute Gasteiger partial charge is 0.494 e. The Hall–Kier alpha value is -4.73. The van der Waals surface area contributed by atoms with Gasteiger partial charge in [-0.05, 0) is 48.6 Å². The Morgan fingerprint density at radius 2 is 1.73 bits per heavy atom. The second-order valence-electron chi connectivity index (χ2n) is 10.1. The van der Waals surface area contributed by atoms with Crippen LogP contribution in [0, 0.1) is 12.8 Å². The summed E-state index contributed by atoms with van der Waals surface area (Å²) in [6, 6.07) is 12.8. The molecule has 2 atom stereocenters. The van der Waals surface area contributed by atoms with Gasteiger partial charge in [0.25, 0.3) is 0 Å². The highest BCUT2D eigenvalue weighted by atomic mass is 16.7. The molecular weight excluding hydrogens is 514 g/mol. The molecule has 210 valence electrons. The number of benzene rings is 2. The lowest BCUT2D eigenvalue weighted by molar-refractivity contribution is -0.122. The molecule has 0 bridgehead atoms. The first kappa shape index (κ1) is 28.3. The molecule has 2 amide bonds. The molecule has 40 heavy (non-hydrogen) atoms. The lowest BCUT2D eigenvalue weighted by atomic mass is 9.94. The molecule has 2 heterocycles. The van der Waals surface area contributed by atoms with Gasteiger partial charge in [-0.15, -0.1) is 0 Å². The van der Waals surface area contributed by atoms with Gasteiger partial charge in [-0.2, -0.15) is 0 Å². The van der Waals surface area contributed by atoms with Crippen LogP contribution in [0.5, 0.6) is 23.3 Å². The average molecular weight is 548 g/mol. The monoisotopic (exact) mass is 547 g/mol. The van der Waals surface area contributed by atoms with E-state index in [0.717, 1.165) is 11.1 Å². The van der Waals surface area contributed by atoms with E-state index in [1.807, 2.05) is 32.0 Å². The summed E-state index contributed by atoms with van der Waals surface area (Å²) in [5, 5.41) is 25.7. The zero-order chi connectivity index (χ0) is 28.8. The second-order valence-corrected chi connectivity index (χ2v) is 10.1. The molecule has 2 aromatic carbocycles. The van der Waals surface area contributed by atoms with Crippen molar-refractivity contribution in [2.45, 2.75) is 45.7 Å². The summed E-state index contributed by atoms with van der Waals surface area (Å²) in [6.45, 7) is 5.48. The topological polar surface area (TPSA) is 150 Å². The Morgan fingerprint density at radius 3 is 2.40 bits per heavy atom. The van der Waals surface area contributed by atoms with Crippen molar-refractivity contribution in [3.05, 3.63) is 76.9 Å². The molecule has 0 unspecified atom stereocenters. The predicted molar refractivity (Wildman–Crippen MR) is 148 cm³/mol. The van der Waals surface area contributed by atoms with Crippen LogP contribution in [0.2, 0.25) is 0 Å². The summed E-state index contributed by atoms with van der Waals surface area (Å²) in [6.07, 6.45) is 3.20. The summed E-state index contributed by atoms with van der Waals surface area (Å²) >= 11 is 0. The van der Waals surface area contributed by atoms with Crippen LogP contribution < -0.4 is 20.1 Å². The van der Waals surface area contributed by atoms with Crippen molar-refractivity contribution in [3.8, 4) is 23.3 Å². The van der Waals surface area contributed by atoms with E-state index in [1.165, 1.54) is 13.0 Å². The number of rotatable bonds is 11.